The molecular weight excluding hydrogens is 284 g/mol. The first kappa shape index (κ1) is 14.9. The molecule has 0 saturated heterocycles. The number of aryl methyl sites for hydroxylation is 1. The van der Waals surface area contributed by atoms with Gasteiger partial charge in [-0.2, -0.15) is 18.4 Å². The van der Waals surface area contributed by atoms with Crippen LogP contribution in [0.3, 0.4) is 0 Å². The van der Waals surface area contributed by atoms with E-state index in [2.05, 4.69) is 5.32 Å². The highest BCUT2D eigenvalue weighted by atomic mass is 19.4. The van der Waals surface area contributed by atoms with Gasteiger partial charge < -0.3 is 5.32 Å². The summed E-state index contributed by atoms with van der Waals surface area (Å²) in [6, 6.07) is 8.69. The molecule has 108 valence electrons. The van der Waals surface area contributed by atoms with Gasteiger partial charge in [-0.05, 0) is 42.8 Å². The molecule has 2 aromatic carbocycles. The van der Waals surface area contributed by atoms with E-state index in [0.717, 1.165) is 23.8 Å². The molecule has 6 heteroatoms. The molecule has 0 amide bonds. The summed E-state index contributed by atoms with van der Waals surface area (Å²) in [4.78, 5) is 0. The van der Waals surface area contributed by atoms with Crippen LogP contribution in [0.2, 0.25) is 0 Å². The normalized spacial score (nSPS) is 11.0. The van der Waals surface area contributed by atoms with Gasteiger partial charge in [-0.1, -0.05) is 6.07 Å². The SMILES string of the molecule is Cc1ccc(F)c(Nc2ccc(C(F)(F)F)cc2C#N)c1. The maximum atomic E-state index is 13.6. The van der Waals surface area contributed by atoms with E-state index in [9.17, 15) is 17.6 Å². The van der Waals surface area contributed by atoms with E-state index in [0.29, 0.717) is 0 Å². The number of nitriles is 1. The molecule has 21 heavy (non-hydrogen) atoms. The zero-order chi connectivity index (χ0) is 15.6. The molecule has 0 aliphatic rings. The van der Waals surface area contributed by atoms with Gasteiger partial charge in [-0.15, -0.1) is 0 Å². The van der Waals surface area contributed by atoms with Gasteiger partial charge >= 0.3 is 6.18 Å². The largest absolute Gasteiger partial charge is 0.416 e. The summed E-state index contributed by atoms with van der Waals surface area (Å²) in [7, 11) is 0. The first-order chi connectivity index (χ1) is 9.81. The smallest absolute Gasteiger partial charge is 0.352 e. The van der Waals surface area contributed by atoms with E-state index in [-0.39, 0.29) is 16.9 Å². The Hall–Kier alpha value is -2.55. The Bertz CT molecular complexity index is 715. The highest BCUT2D eigenvalue weighted by molar-refractivity contribution is 5.68. The molecule has 0 bridgehead atoms. The van der Waals surface area contributed by atoms with Gasteiger partial charge in [0, 0.05) is 0 Å². The highest BCUT2D eigenvalue weighted by Gasteiger charge is 2.31. The standard InChI is InChI=1S/C15H10F4N2/c1-9-2-4-12(16)14(6-9)21-13-5-3-11(15(17,18)19)7-10(13)8-20/h2-7,21H,1H3. The summed E-state index contributed by atoms with van der Waals surface area (Å²) in [5.41, 5.74) is -0.120. The lowest BCUT2D eigenvalue weighted by atomic mass is 10.1. The van der Waals surface area contributed by atoms with Crippen molar-refractivity contribution in [2.75, 3.05) is 5.32 Å². The van der Waals surface area contributed by atoms with E-state index < -0.39 is 17.6 Å². The fourth-order valence-electron chi connectivity index (χ4n) is 1.80. The zero-order valence-electron chi connectivity index (χ0n) is 10.9. The topological polar surface area (TPSA) is 35.8 Å². The lowest BCUT2D eigenvalue weighted by Gasteiger charge is -2.12. The number of benzene rings is 2. The molecule has 2 aromatic rings. The Kier molecular flexibility index (Phi) is 3.85. The second-order valence-corrected chi connectivity index (χ2v) is 4.48. The van der Waals surface area contributed by atoms with Gasteiger partial charge in [0.1, 0.15) is 11.9 Å². The fourth-order valence-corrected chi connectivity index (χ4v) is 1.80. The summed E-state index contributed by atoms with van der Waals surface area (Å²) in [6.45, 7) is 1.75. The van der Waals surface area contributed by atoms with Gasteiger partial charge in [0.2, 0.25) is 0 Å². The lowest BCUT2D eigenvalue weighted by molar-refractivity contribution is -0.137. The third kappa shape index (κ3) is 3.31. The molecule has 2 nitrogen and oxygen atoms in total. The van der Waals surface area contributed by atoms with Gasteiger partial charge in [-0.25, -0.2) is 4.39 Å². The molecule has 2 rings (SSSR count). The van der Waals surface area contributed by atoms with Crippen molar-refractivity contribution in [3.8, 4) is 6.07 Å². The van der Waals surface area contributed by atoms with Crippen LogP contribution in [0.1, 0.15) is 16.7 Å². The van der Waals surface area contributed by atoms with Crippen LogP contribution in [0.25, 0.3) is 0 Å². The number of hydrogen-bond acceptors (Lipinski definition) is 2. The molecule has 0 atom stereocenters. The summed E-state index contributed by atoms with van der Waals surface area (Å²) < 4.78 is 51.4. The fraction of sp³-hybridized carbons (Fsp3) is 0.133. The Morgan fingerprint density at radius 3 is 2.38 bits per heavy atom. The first-order valence-corrected chi connectivity index (χ1v) is 5.96. The minimum absolute atomic E-state index is 0.103. The van der Waals surface area contributed by atoms with Crippen molar-refractivity contribution in [1.82, 2.24) is 0 Å². The van der Waals surface area contributed by atoms with Crippen LogP contribution >= 0.6 is 0 Å². The molecule has 0 unspecified atom stereocenters. The van der Waals surface area contributed by atoms with Gasteiger partial charge in [-0.3, -0.25) is 0 Å². The van der Waals surface area contributed by atoms with Crippen molar-refractivity contribution >= 4 is 11.4 Å². The van der Waals surface area contributed by atoms with E-state index in [1.807, 2.05) is 0 Å². The van der Waals surface area contributed by atoms with Gasteiger partial charge in [0.25, 0.3) is 0 Å². The first-order valence-electron chi connectivity index (χ1n) is 5.96. The predicted octanol–water partition coefficient (Wildman–Crippen LogP) is 4.77. The van der Waals surface area contributed by atoms with Crippen molar-refractivity contribution in [3.63, 3.8) is 0 Å². The van der Waals surface area contributed by atoms with Crippen LogP contribution in [0.4, 0.5) is 28.9 Å². The Labute approximate surface area is 118 Å². The van der Waals surface area contributed by atoms with Crippen LogP contribution in [0, 0.1) is 24.1 Å². The van der Waals surface area contributed by atoms with Crippen LogP contribution in [0.5, 0.6) is 0 Å². The molecule has 0 aromatic heterocycles. The van der Waals surface area contributed by atoms with E-state index in [1.54, 1.807) is 19.1 Å². The second-order valence-electron chi connectivity index (χ2n) is 4.48. The Morgan fingerprint density at radius 2 is 1.76 bits per heavy atom. The molecular formula is C15H10F4N2. The number of halogens is 4. The van der Waals surface area contributed by atoms with E-state index in [4.69, 9.17) is 5.26 Å². The Balaban J connectivity index is 2.41. The average Bonchev–Trinajstić information content (AvgIpc) is 2.42. The number of hydrogen-bond donors (Lipinski definition) is 1. The zero-order valence-corrected chi connectivity index (χ0v) is 10.9. The summed E-state index contributed by atoms with van der Waals surface area (Å²) in [6.07, 6.45) is -4.53. The monoisotopic (exact) mass is 294 g/mol. The minimum Gasteiger partial charge on any atom is -0.352 e. The minimum atomic E-state index is -4.53. The molecule has 0 aliphatic heterocycles. The van der Waals surface area contributed by atoms with E-state index in [1.165, 1.54) is 12.1 Å². The third-order valence-corrected chi connectivity index (χ3v) is 2.86. The third-order valence-electron chi connectivity index (χ3n) is 2.86. The molecule has 0 radical (unpaired) electrons. The van der Waals surface area contributed by atoms with Gasteiger partial charge in [0.15, 0.2) is 0 Å². The molecule has 0 fully saturated rings. The van der Waals surface area contributed by atoms with Crippen LogP contribution < -0.4 is 5.32 Å². The number of rotatable bonds is 2. The Morgan fingerprint density at radius 1 is 1.05 bits per heavy atom. The maximum Gasteiger partial charge on any atom is 0.416 e. The van der Waals surface area contributed by atoms with Crippen LogP contribution in [0.15, 0.2) is 36.4 Å². The number of alkyl halides is 3. The maximum absolute atomic E-state index is 13.6. The summed E-state index contributed by atoms with van der Waals surface area (Å²) >= 11 is 0. The van der Waals surface area contributed by atoms with Crippen molar-refractivity contribution < 1.29 is 17.6 Å². The molecule has 0 heterocycles. The predicted molar refractivity (Wildman–Crippen MR) is 70.6 cm³/mol. The molecule has 0 spiro atoms. The van der Waals surface area contributed by atoms with Crippen molar-refractivity contribution in [3.05, 3.63) is 58.9 Å². The number of nitrogens with zero attached hydrogens (tertiary/aromatic N) is 1. The average molecular weight is 294 g/mol. The van der Waals surface area contributed by atoms with Crippen LogP contribution in [-0.4, -0.2) is 0 Å². The van der Waals surface area contributed by atoms with Gasteiger partial charge in [0.05, 0.1) is 22.5 Å². The van der Waals surface area contributed by atoms with E-state index >= 15 is 0 Å². The molecule has 1 N–H and O–H groups in total. The lowest BCUT2D eigenvalue weighted by Crippen LogP contribution is -2.06. The quantitative estimate of drug-likeness (QED) is 0.810. The molecule has 0 saturated carbocycles. The summed E-state index contributed by atoms with van der Waals surface area (Å²) in [5, 5.41) is 11.6. The molecule has 0 aliphatic carbocycles. The van der Waals surface area contributed by atoms with Crippen molar-refractivity contribution in [1.29, 1.82) is 5.26 Å². The number of nitrogens with one attached hydrogen (secondary N) is 1. The number of anilines is 2. The highest BCUT2D eigenvalue weighted by Crippen LogP contribution is 2.32. The van der Waals surface area contributed by atoms with Crippen LogP contribution in [-0.2, 0) is 6.18 Å². The van der Waals surface area contributed by atoms with Crippen molar-refractivity contribution in [2.45, 2.75) is 13.1 Å². The van der Waals surface area contributed by atoms with Crippen molar-refractivity contribution in [2.24, 2.45) is 0 Å². The second kappa shape index (κ2) is 5.44. The summed E-state index contributed by atoms with van der Waals surface area (Å²) in [5.74, 6) is -0.551.